The molecular weight excluding hydrogens is 180 g/mol. The predicted molar refractivity (Wildman–Crippen MR) is 71.2 cm³/mol. The van der Waals surface area contributed by atoms with Gasteiger partial charge in [0.15, 0.2) is 0 Å². The van der Waals surface area contributed by atoms with Crippen LogP contribution in [0.15, 0.2) is 0 Å². The molecule has 2 unspecified atom stereocenters. The van der Waals surface area contributed by atoms with Crippen LogP contribution >= 0.6 is 0 Å². The van der Waals surface area contributed by atoms with E-state index < -0.39 is 0 Å². The molecule has 0 rings (SSSR count). The van der Waals surface area contributed by atoms with Crippen molar-refractivity contribution in [3.63, 3.8) is 0 Å². The molecule has 92 valence electrons. The van der Waals surface area contributed by atoms with Crippen LogP contribution in [0.4, 0.5) is 0 Å². The molecule has 0 saturated heterocycles. The minimum absolute atomic E-state index is 0.875. The third-order valence-corrected chi connectivity index (χ3v) is 3.46. The molecule has 0 saturated carbocycles. The molecule has 2 atom stereocenters. The lowest BCUT2D eigenvalue weighted by molar-refractivity contribution is 0.391. The van der Waals surface area contributed by atoms with Gasteiger partial charge in [0, 0.05) is 0 Å². The Morgan fingerprint density at radius 1 is 0.733 bits per heavy atom. The van der Waals surface area contributed by atoms with E-state index in [9.17, 15) is 0 Å². The summed E-state index contributed by atoms with van der Waals surface area (Å²) in [5.74, 6) is 2.76. The first-order chi connectivity index (χ1) is 7.06. The summed E-state index contributed by atoms with van der Waals surface area (Å²) in [5, 5.41) is 0. The van der Waals surface area contributed by atoms with E-state index in [4.69, 9.17) is 0 Å². The summed E-state index contributed by atoms with van der Waals surface area (Å²) in [6.45, 7) is 11.8. The monoisotopic (exact) mass is 212 g/mol. The number of unbranched alkanes of at least 4 members (excludes halogenated alkanes) is 2. The fraction of sp³-hybridized carbons (Fsp3) is 1.00. The zero-order chi connectivity index (χ0) is 11.7. The van der Waals surface area contributed by atoms with Crippen LogP contribution in [0.3, 0.4) is 0 Å². The van der Waals surface area contributed by atoms with Crippen LogP contribution in [0, 0.1) is 17.8 Å². The molecule has 15 heavy (non-hydrogen) atoms. The number of hydrogen-bond donors (Lipinski definition) is 0. The molecule has 0 heteroatoms. The maximum atomic E-state index is 2.41. The van der Waals surface area contributed by atoms with Crippen molar-refractivity contribution >= 4 is 0 Å². The van der Waals surface area contributed by atoms with Gasteiger partial charge >= 0.3 is 0 Å². The van der Waals surface area contributed by atoms with Crippen LogP contribution in [-0.2, 0) is 0 Å². The van der Waals surface area contributed by atoms with Gasteiger partial charge in [0.1, 0.15) is 0 Å². The van der Waals surface area contributed by atoms with Crippen LogP contribution in [0.5, 0.6) is 0 Å². The molecule has 0 aromatic heterocycles. The molecule has 0 aliphatic carbocycles. The fourth-order valence-corrected chi connectivity index (χ4v) is 2.29. The van der Waals surface area contributed by atoms with Crippen LogP contribution in [0.2, 0.25) is 0 Å². The van der Waals surface area contributed by atoms with Crippen LogP contribution in [0.1, 0.15) is 79.6 Å². The van der Waals surface area contributed by atoms with Gasteiger partial charge in [0.05, 0.1) is 0 Å². The highest BCUT2D eigenvalue weighted by atomic mass is 14.1. The second-order valence-electron chi connectivity index (χ2n) is 5.89. The lowest BCUT2D eigenvalue weighted by atomic mass is 9.93. The quantitative estimate of drug-likeness (QED) is 0.432. The summed E-state index contributed by atoms with van der Waals surface area (Å²) in [6, 6.07) is 0. The third-order valence-electron chi connectivity index (χ3n) is 3.46. The van der Waals surface area contributed by atoms with Gasteiger partial charge < -0.3 is 0 Å². The number of hydrogen-bond acceptors (Lipinski definition) is 0. The molecule has 0 spiro atoms. The zero-order valence-electron chi connectivity index (χ0n) is 11.7. The van der Waals surface area contributed by atoms with Crippen molar-refractivity contribution in [3.8, 4) is 0 Å². The number of rotatable bonds is 9. The first-order valence-corrected chi connectivity index (χ1v) is 7.06. The van der Waals surface area contributed by atoms with Gasteiger partial charge in [-0.2, -0.15) is 0 Å². The average Bonchev–Trinajstić information content (AvgIpc) is 2.15. The summed E-state index contributed by atoms with van der Waals surface area (Å²) < 4.78 is 0. The molecular formula is C15H32. The molecule has 0 aromatic rings. The van der Waals surface area contributed by atoms with Crippen molar-refractivity contribution in [2.24, 2.45) is 17.8 Å². The largest absolute Gasteiger partial charge is 0.0651 e. The van der Waals surface area contributed by atoms with Crippen LogP contribution in [-0.4, -0.2) is 0 Å². The Morgan fingerprint density at radius 2 is 1.27 bits per heavy atom. The highest BCUT2D eigenvalue weighted by Gasteiger charge is 2.05. The molecule has 0 heterocycles. The Balaban J connectivity index is 3.23. The van der Waals surface area contributed by atoms with Gasteiger partial charge in [-0.25, -0.2) is 0 Å². The van der Waals surface area contributed by atoms with Gasteiger partial charge in [-0.3, -0.25) is 0 Å². The SMILES string of the molecule is CCC(C)CCCCCC(C)CC(C)C. The molecule has 0 aliphatic rings. The topological polar surface area (TPSA) is 0 Å². The maximum Gasteiger partial charge on any atom is -0.0440 e. The van der Waals surface area contributed by atoms with Crippen molar-refractivity contribution in [1.29, 1.82) is 0 Å². The normalized spacial score (nSPS) is 15.6. The first-order valence-electron chi connectivity index (χ1n) is 7.06. The maximum absolute atomic E-state index is 2.41. The highest BCUT2D eigenvalue weighted by Crippen LogP contribution is 2.19. The van der Waals surface area contributed by atoms with Crippen molar-refractivity contribution in [2.45, 2.75) is 79.6 Å². The molecule has 0 nitrogen and oxygen atoms in total. The van der Waals surface area contributed by atoms with Gasteiger partial charge in [-0.15, -0.1) is 0 Å². The zero-order valence-corrected chi connectivity index (χ0v) is 11.7. The average molecular weight is 212 g/mol. The summed E-state index contributed by atoms with van der Waals surface area (Å²) in [7, 11) is 0. The predicted octanol–water partition coefficient (Wildman–Crippen LogP) is 5.67. The summed E-state index contributed by atoms with van der Waals surface area (Å²) in [4.78, 5) is 0. The van der Waals surface area contributed by atoms with Crippen LogP contribution < -0.4 is 0 Å². The van der Waals surface area contributed by atoms with Crippen LogP contribution in [0.25, 0.3) is 0 Å². The molecule has 0 aliphatic heterocycles. The fourth-order valence-electron chi connectivity index (χ4n) is 2.29. The molecule has 0 N–H and O–H groups in total. The highest BCUT2D eigenvalue weighted by molar-refractivity contribution is 4.57. The Morgan fingerprint density at radius 3 is 1.73 bits per heavy atom. The Hall–Kier alpha value is 0. The smallest absolute Gasteiger partial charge is 0.0440 e. The summed E-state index contributed by atoms with van der Waals surface area (Å²) in [5.41, 5.74) is 0. The first kappa shape index (κ1) is 15.0. The van der Waals surface area contributed by atoms with Gasteiger partial charge in [-0.05, 0) is 24.2 Å². The Bertz CT molecular complexity index is 126. The second-order valence-corrected chi connectivity index (χ2v) is 5.89. The van der Waals surface area contributed by atoms with Crippen molar-refractivity contribution < 1.29 is 0 Å². The van der Waals surface area contributed by atoms with E-state index in [1.54, 1.807) is 0 Å². The van der Waals surface area contributed by atoms with Crippen molar-refractivity contribution in [3.05, 3.63) is 0 Å². The van der Waals surface area contributed by atoms with Crippen molar-refractivity contribution in [2.75, 3.05) is 0 Å². The van der Waals surface area contributed by atoms with E-state index in [1.165, 1.54) is 44.9 Å². The molecule has 0 amide bonds. The Kier molecular flexibility index (Phi) is 9.24. The van der Waals surface area contributed by atoms with E-state index in [0.717, 1.165) is 17.8 Å². The molecule has 0 radical (unpaired) electrons. The van der Waals surface area contributed by atoms with Gasteiger partial charge in [0.25, 0.3) is 0 Å². The minimum atomic E-state index is 0.875. The Labute approximate surface area is 97.8 Å². The molecule has 0 bridgehead atoms. The third kappa shape index (κ3) is 10.3. The summed E-state index contributed by atoms with van der Waals surface area (Å²) in [6.07, 6.45) is 9.99. The van der Waals surface area contributed by atoms with E-state index in [-0.39, 0.29) is 0 Å². The lowest BCUT2D eigenvalue weighted by Crippen LogP contribution is -2.00. The van der Waals surface area contributed by atoms with E-state index in [0.29, 0.717) is 0 Å². The summed E-state index contributed by atoms with van der Waals surface area (Å²) >= 11 is 0. The van der Waals surface area contributed by atoms with E-state index in [1.807, 2.05) is 0 Å². The second kappa shape index (κ2) is 9.24. The van der Waals surface area contributed by atoms with Gasteiger partial charge in [-0.1, -0.05) is 73.1 Å². The van der Waals surface area contributed by atoms with Gasteiger partial charge in [0.2, 0.25) is 0 Å². The molecule has 0 aromatic carbocycles. The van der Waals surface area contributed by atoms with E-state index in [2.05, 4.69) is 34.6 Å². The van der Waals surface area contributed by atoms with E-state index >= 15 is 0 Å². The lowest BCUT2D eigenvalue weighted by Gasteiger charge is -2.13. The molecule has 0 fully saturated rings. The van der Waals surface area contributed by atoms with Crippen molar-refractivity contribution in [1.82, 2.24) is 0 Å². The standard InChI is InChI=1S/C15H32/c1-6-14(4)10-8-7-9-11-15(5)12-13(2)3/h13-15H,6-12H2,1-5H3. The minimum Gasteiger partial charge on any atom is -0.0651 e.